The first-order chi connectivity index (χ1) is 11.3. The van der Waals surface area contributed by atoms with Crippen LogP contribution in [-0.4, -0.2) is 40.1 Å². The van der Waals surface area contributed by atoms with E-state index in [2.05, 4.69) is 9.55 Å². The van der Waals surface area contributed by atoms with Crippen molar-refractivity contribution in [2.24, 2.45) is 5.92 Å². The number of aromatic nitrogens is 2. The third-order valence-corrected chi connectivity index (χ3v) is 4.24. The van der Waals surface area contributed by atoms with Gasteiger partial charge in [-0.2, -0.15) is 0 Å². The molecule has 0 bridgehead atoms. The van der Waals surface area contributed by atoms with Gasteiger partial charge in [0.15, 0.2) is 0 Å². The van der Waals surface area contributed by atoms with Crippen LogP contribution in [0, 0.1) is 5.92 Å². The van der Waals surface area contributed by atoms with E-state index in [1.807, 2.05) is 47.8 Å². The standard InChI is InChI=1S/C18H23N3O2/c22-18(14-23-13-16-5-2-1-3-6-16)21-9-4-7-17(12-21)11-20-10-8-19-15-20/h1-3,5-6,8,10,15,17H,4,7,9,11-14H2. The fourth-order valence-corrected chi connectivity index (χ4v) is 3.06. The van der Waals surface area contributed by atoms with Crippen LogP contribution in [0.3, 0.4) is 0 Å². The lowest BCUT2D eigenvalue weighted by atomic mass is 9.98. The number of hydrogen-bond acceptors (Lipinski definition) is 3. The van der Waals surface area contributed by atoms with Crippen molar-refractivity contribution in [3.8, 4) is 0 Å². The van der Waals surface area contributed by atoms with Crippen molar-refractivity contribution in [2.75, 3.05) is 19.7 Å². The molecule has 23 heavy (non-hydrogen) atoms. The molecule has 1 aromatic carbocycles. The lowest BCUT2D eigenvalue weighted by Crippen LogP contribution is -2.42. The average molecular weight is 313 g/mol. The number of piperidine rings is 1. The molecule has 1 aliphatic rings. The fraction of sp³-hybridized carbons (Fsp3) is 0.444. The molecule has 0 saturated carbocycles. The molecule has 3 rings (SSSR count). The van der Waals surface area contributed by atoms with Gasteiger partial charge in [0.1, 0.15) is 6.61 Å². The summed E-state index contributed by atoms with van der Waals surface area (Å²) in [5.74, 6) is 0.590. The molecule has 5 nitrogen and oxygen atoms in total. The summed E-state index contributed by atoms with van der Waals surface area (Å²) in [5, 5.41) is 0. The van der Waals surface area contributed by atoms with E-state index in [0.717, 1.165) is 38.0 Å². The summed E-state index contributed by atoms with van der Waals surface area (Å²) in [6.45, 7) is 3.22. The van der Waals surface area contributed by atoms with Gasteiger partial charge >= 0.3 is 0 Å². The summed E-state index contributed by atoms with van der Waals surface area (Å²) in [5.41, 5.74) is 1.09. The molecule has 1 fully saturated rings. The molecule has 0 aliphatic carbocycles. The van der Waals surface area contributed by atoms with E-state index in [-0.39, 0.29) is 12.5 Å². The second kappa shape index (κ2) is 7.92. The minimum absolute atomic E-state index is 0.0938. The number of benzene rings is 1. The maximum absolute atomic E-state index is 12.3. The normalized spacial score (nSPS) is 18.1. The SMILES string of the molecule is O=C(COCc1ccccc1)N1CCCC(Cn2ccnc2)C1. The Morgan fingerprint density at radius 3 is 2.96 bits per heavy atom. The molecule has 122 valence electrons. The number of ether oxygens (including phenoxy) is 1. The number of amides is 1. The van der Waals surface area contributed by atoms with Crippen molar-refractivity contribution in [1.29, 1.82) is 0 Å². The third kappa shape index (κ3) is 4.66. The lowest BCUT2D eigenvalue weighted by molar-refractivity contribution is -0.138. The van der Waals surface area contributed by atoms with E-state index in [4.69, 9.17) is 4.74 Å². The molecule has 0 radical (unpaired) electrons. The van der Waals surface area contributed by atoms with Gasteiger partial charge in [0.25, 0.3) is 0 Å². The summed E-state index contributed by atoms with van der Waals surface area (Å²) >= 11 is 0. The van der Waals surface area contributed by atoms with Crippen LogP contribution in [0.4, 0.5) is 0 Å². The zero-order chi connectivity index (χ0) is 15.9. The maximum Gasteiger partial charge on any atom is 0.248 e. The monoisotopic (exact) mass is 313 g/mol. The molecule has 5 heteroatoms. The molecule has 0 N–H and O–H groups in total. The summed E-state index contributed by atoms with van der Waals surface area (Å²) in [7, 11) is 0. The van der Waals surface area contributed by atoms with Gasteiger partial charge < -0.3 is 14.2 Å². The highest BCUT2D eigenvalue weighted by molar-refractivity contribution is 5.77. The fourth-order valence-electron chi connectivity index (χ4n) is 3.06. The van der Waals surface area contributed by atoms with E-state index < -0.39 is 0 Å². The Labute approximate surface area is 136 Å². The zero-order valence-corrected chi connectivity index (χ0v) is 13.3. The summed E-state index contributed by atoms with van der Waals surface area (Å²) in [4.78, 5) is 18.3. The van der Waals surface area contributed by atoms with Crippen LogP contribution >= 0.6 is 0 Å². The number of imidazole rings is 1. The van der Waals surface area contributed by atoms with E-state index in [0.29, 0.717) is 12.5 Å². The van der Waals surface area contributed by atoms with Crippen LogP contribution in [0.15, 0.2) is 49.1 Å². The largest absolute Gasteiger partial charge is 0.367 e. The van der Waals surface area contributed by atoms with Gasteiger partial charge in [-0.1, -0.05) is 30.3 Å². The Morgan fingerprint density at radius 1 is 1.30 bits per heavy atom. The van der Waals surface area contributed by atoms with Crippen molar-refractivity contribution in [3.63, 3.8) is 0 Å². The highest BCUT2D eigenvalue weighted by atomic mass is 16.5. The first-order valence-corrected chi connectivity index (χ1v) is 8.16. The average Bonchev–Trinajstić information content (AvgIpc) is 3.09. The molecule has 2 aromatic rings. The van der Waals surface area contributed by atoms with Crippen LogP contribution in [0.1, 0.15) is 18.4 Å². The molecule has 1 aliphatic heterocycles. The highest BCUT2D eigenvalue weighted by Crippen LogP contribution is 2.18. The zero-order valence-electron chi connectivity index (χ0n) is 13.3. The van der Waals surface area contributed by atoms with Crippen molar-refractivity contribution in [2.45, 2.75) is 26.0 Å². The minimum Gasteiger partial charge on any atom is -0.367 e. The predicted octanol–water partition coefficient (Wildman–Crippen LogP) is 2.34. The highest BCUT2D eigenvalue weighted by Gasteiger charge is 2.23. The lowest BCUT2D eigenvalue weighted by Gasteiger charge is -2.33. The number of hydrogen-bond donors (Lipinski definition) is 0. The molecular weight excluding hydrogens is 290 g/mol. The summed E-state index contributed by atoms with van der Waals surface area (Å²) in [6.07, 6.45) is 7.83. The number of rotatable bonds is 6. The van der Waals surface area contributed by atoms with E-state index in [1.165, 1.54) is 0 Å². The predicted molar refractivity (Wildman–Crippen MR) is 87.6 cm³/mol. The molecule has 1 saturated heterocycles. The Morgan fingerprint density at radius 2 is 2.17 bits per heavy atom. The Bertz CT molecular complexity index is 598. The molecule has 2 heterocycles. The van der Waals surface area contributed by atoms with Crippen molar-refractivity contribution in [1.82, 2.24) is 14.5 Å². The maximum atomic E-state index is 12.3. The third-order valence-electron chi connectivity index (χ3n) is 4.24. The quantitative estimate of drug-likeness (QED) is 0.822. The van der Waals surface area contributed by atoms with Gasteiger partial charge in [-0.25, -0.2) is 4.98 Å². The smallest absolute Gasteiger partial charge is 0.248 e. The second-order valence-electron chi connectivity index (χ2n) is 6.09. The second-order valence-corrected chi connectivity index (χ2v) is 6.09. The van der Waals surface area contributed by atoms with Crippen LogP contribution in [0.25, 0.3) is 0 Å². The summed E-state index contributed by atoms with van der Waals surface area (Å²) < 4.78 is 7.66. The van der Waals surface area contributed by atoms with Gasteiger partial charge in [-0.05, 0) is 24.3 Å². The first-order valence-electron chi connectivity index (χ1n) is 8.16. The molecule has 1 unspecified atom stereocenters. The number of carbonyl (C=O) groups excluding carboxylic acids is 1. The molecule has 1 atom stereocenters. The number of carbonyl (C=O) groups is 1. The van der Waals surface area contributed by atoms with Crippen LogP contribution in [0.5, 0.6) is 0 Å². The van der Waals surface area contributed by atoms with Crippen LogP contribution in [-0.2, 0) is 22.7 Å². The molecule has 1 amide bonds. The van der Waals surface area contributed by atoms with Gasteiger partial charge in [-0.15, -0.1) is 0 Å². The Hall–Kier alpha value is -2.14. The summed E-state index contributed by atoms with van der Waals surface area (Å²) in [6, 6.07) is 9.94. The number of likely N-dealkylation sites (tertiary alicyclic amines) is 1. The van der Waals surface area contributed by atoms with Crippen LogP contribution < -0.4 is 0 Å². The topological polar surface area (TPSA) is 47.4 Å². The van der Waals surface area contributed by atoms with Gasteiger partial charge in [0.05, 0.1) is 12.9 Å². The van der Waals surface area contributed by atoms with Crippen molar-refractivity contribution < 1.29 is 9.53 Å². The van der Waals surface area contributed by atoms with Gasteiger partial charge in [-0.3, -0.25) is 4.79 Å². The van der Waals surface area contributed by atoms with Crippen LogP contribution in [0.2, 0.25) is 0 Å². The van der Waals surface area contributed by atoms with Crippen molar-refractivity contribution in [3.05, 3.63) is 54.6 Å². The van der Waals surface area contributed by atoms with E-state index in [1.54, 1.807) is 6.20 Å². The van der Waals surface area contributed by atoms with E-state index in [9.17, 15) is 4.79 Å². The minimum atomic E-state index is 0.0938. The van der Waals surface area contributed by atoms with E-state index >= 15 is 0 Å². The van der Waals surface area contributed by atoms with Crippen molar-refractivity contribution >= 4 is 5.91 Å². The molecule has 1 aromatic heterocycles. The Balaban J connectivity index is 1.43. The molecular formula is C18H23N3O2. The Kier molecular flexibility index (Phi) is 5.42. The van der Waals surface area contributed by atoms with Gasteiger partial charge in [0.2, 0.25) is 5.91 Å². The number of nitrogens with zero attached hydrogens (tertiary/aromatic N) is 3. The first kappa shape index (κ1) is 15.7. The molecule has 0 spiro atoms. The van der Waals surface area contributed by atoms with Gasteiger partial charge in [0, 0.05) is 32.0 Å².